The summed E-state index contributed by atoms with van der Waals surface area (Å²) < 4.78 is 0. The van der Waals surface area contributed by atoms with E-state index in [0.717, 1.165) is 25.7 Å². The predicted octanol–water partition coefficient (Wildman–Crippen LogP) is 2.63. The highest BCUT2D eigenvalue weighted by Gasteiger charge is 2.33. The minimum absolute atomic E-state index is 0.0589. The Hall–Kier alpha value is -1.88. The second kappa shape index (κ2) is 7.59. The molecular weight excluding hydrogens is 290 g/mol. The number of nitrogens with zero attached hydrogens (tertiary/aromatic N) is 1. The van der Waals surface area contributed by atoms with Crippen molar-refractivity contribution in [2.24, 2.45) is 11.1 Å². The number of anilines is 1. The highest BCUT2D eigenvalue weighted by molar-refractivity contribution is 6.03. The van der Waals surface area contributed by atoms with Gasteiger partial charge in [0.15, 0.2) is 0 Å². The molecule has 5 heteroatoms. The van der Waals surface area contributed by atoms with Crippen molar-refractivity contribution in [1.29, 1.82) is 0 Å². The van der Waals surface area contributed by atoms with Crippen molar-refractivity contribution in [3.05, 3.63) is 29.8 Å². The maximum Gasteiger partial charge on any atom is 0.255 e. The molecule has 0 aliphatic heterocycles. The Labute approximate surface area is 138 Å². The summed E-state index contributed by atoms with van der Waals surface area (Å²) in [6.07, 6.45) is 5.95. The van der Waals surface area contributed by atoms with Gasteiger partial charge in [0.1, 0.15) is 0 Å². The van der Waals surface area contributed by atoms with Gasteiger partial charge in [0.25, 0.3) is 5.91 Å². The molecule has 23 heavy (non-hydrogen) atoms. The van der Waals surface area contributed by atoms with Crippen LogP contribution in [0.4, 0.5) is 5.69 Å². The van der Waals surface area contributed by atoms with Crippen molar-refractivity contribution in [3.63, 3.8) is 0 Å². The average molecular weight is 317 g/mol. The third kappa shape index (κ3) is 4.32. The summed E-state index contributed by atoms with van der Waals surface area (Å²) in [5.41, 5.74) is 6.96. The SMILES string of the molecule is CN(C)C(=O)c1ccccc1NC(=O)CC1(CN)CCCCC1. The van der Waals surface area contributed by atoms with Crippen LogP contribution < -0.4 is 11.1 Å². The van der Waals surface area contributed by atoms with Gasteiger partial charge in [0.05, 0.1) is 11.3 Å². The predicted molar refractivity (Wildman–Crippen MR) is 92.3 cm³/mol. The molecule has 5 nitrogen and oxygen atoms in total. The van der Waals surface area contributed by atoms with E-state index in [2.05, 4.69) is 5.32 Å². The summed E-state index contributed by atoms with van der Waals surface area (Å²) in [4.78, 5) is 26.2. The number of nitrogens with one attached hydrogen (secondary N) is 1. The highest BCUT2D eigenvalue weighted by atomic mass is 16.2. The third-order valence-corrected chi connectivity index (χ3v) is 4.72. The van der Waals surface area contributed by atoms with Crippen molar-refractivity contribution in [2.75, 3.05) is 26.0 Å². The highest BCUT2D eigenvalue weighted by Crippen LogP contribution is 2.38. The van der Waals surface area contributed by atoms with Gasteiger partial charge in [-0.15, -0.1) is 0 Å². The summed E-state index contributed by atoms with van der Waals surface area (Å²) in [5.74, 6) is -0.177. The number of rotatable bonds is 5. The fourth-order valence-corrected chi connectivity index (χ4v) is 3.31. The Morgan fingerprint density at radius 2 is 1.83 bits per heavy atom. The maximum atomic E-state index is 12.5. The van der Waals surface area contributed by atoms with Crippen molar-refractivity contribution >= 4 is 17.5 Å². The first-order valence-electron chi connectivity index (χ1n) is 8.28. The quantitative estimate of drug-likeness (QED) is 0.876. The van der Waals surface area contributed by atoms with Crippen molar-refractivity contribution < 1.29 is 9.59 Å². The van der Waals surface area contributed by atoms with Crippen LogP contribution in [0.15, 0.2) is 24.3 Å². The molecule has 0 heterocycles. The van der Waals surface area contributed by atoms with Gasteiger partial charge in [-0.05, 0) is 36.9 Å². The molecule has 1 aliphatic rings. The first-order chi connectivity index (χ1) is 11.0. The second-order valence-corrected chi connectivity index (χ2v) is 6.73. The topological polar surface area (TPSA) is 75.4 Å². The molecule has 0 saturated heterocycles. The summed E-state index contributed by atoms with van der Waals surface area (Å²) in [6, 6.07) is 7.12. The summed E-state index contributed by atoms with van der Waals surface area (Å²) in [7, 11) is 3.40. The fraction of sp³-hybridized carbons (Fsp3) is 0.556. The number of carbonyl (C=O) groups excluding carboxylic acids is 2. The van der Waals surface area contributed by atoms with Crippen LogP contribution in [0.5, 0.6) is 0 Å². The van der Waals surface area contributed by atoms with Crippen LogP contribution in [-0.2, 0) is 4.79 Å². The molecule has 3 N–H and O–H groups in total. The Kier molecular flexibility index (Phi) is 5.77. The number of benzene rings is 1. The van der Waals surface area contributed by atoms with Gasteiger partial charge in [-0.1, -0.05) is 31.4 Å². The van der Waals surface area contributed by atoms with Gasteiger partial charge >= 0.3 is 0 Å². The van der Waals surface area contributed by atoms with Crippen LogP contribution in [0.1, 0.15) is 48.9 Å². The molecule has 2 rings (SSSR count). The van der Waals surface area contributed by atoms with Crippen LogP contribution in [0.25, 0.3) is 0 Å². The van der Waals surface area contributed by atoms with Crippen LogP contribution in [0, 0.1) is 5.41 Å². The van der Waals surface area contributed by atoms with E-state index in [1.807, 2.05) is 6.07 Å². The van der Waals surface area contributed by atoms with E-state index in [1.54, 1.807) is 32.3 Å². The molecule has 0 atom stereocenters. The Balaban J connectivity index is 2.10. The van der Waals surface area contributed by atoms with Crippen molar-refractivity contribution in [2.45, 2.75) is 38.5 Å². The lowest BCUT2D eigenvalue weighted by molar-refractivity contribution is -0.118. The first-order valence-corrected chi connectivity index (χ1v) is 8.28. The number of nitrogens with two attached hydrogens (primary N) is 1. The molecule has 0 bridgehead atoms. The maximum absolute atomic E-state index is 12.5. The minimum atomic E-state index is -0.118. The molecule has 126 valence electrons. The molecule has 2 amide bonds. The van der Waals surface area contributed by atoms with E-state index in [4.69, 9.17) is 5.73 Å². The third-order valence-electron chi connectivity index (χ3n) is 4.72. The Morgan fingerprint density at radius 3 is 2.43 bits per heavy atom. The largest absolute Gasteiger partial charge is 0.345 e. The zero-order valence-electron chi connectivity index (χ0n) is 14.1. The molecule has 0 aromatic heterocycles. The molecule has 1 saturated carbocycles. The molecule has 0 radical (unpaired) electrons. The zero-order chi connectivity index (χ0) is 16.9. The van der Waals surface area contributed by atoms with Gasteiger partial charge in [-0.2, -0.15) is 0 Å². The van der Waals surface area contributed by atoms with Gasteiger partial charge in [-0.3, -0.25) is 9.59 Å². The monoisotopic (exact) mass is 317 g/mol. The van der Waals surface area contributed by atoms with Crippen LogP contribution in [-0.4, -0.2) is 37.4 Å². The van der Waals surface area contributed by atoms with E-state index < -0.39 is 0 Å². The number of carbonyl (C=O) groups is 2. The van der Waals surface area contributed by atoms with Crippen LogP contribution in [0.3, 0.4) is 0 Å². The minimum Gasteiger partial charge on any atom is -0.345 e. The lowest BCUT2D eigenvalue weighted by Crippen LogP contribution is -2.36. The van der Waals surface area contributed by atoms with Crippen molar-refractivity contribution in [3.8, 4) is 0 Å². The normalized spacial score (nSPS) is 16.7. The number of amides is 2. The molecule has 0 unspecified atom stereocenters. The van der Waals surface area contributed by atoms with Crippen LogP contribution >= 0.6 is 0 Å². The Bertz CT molecular complexity index is 563. The van der Waals surface area contributed by atoms with E-state index in [1.165, 1.54) is 11.3 Å². The van der Waals surface area contributed by atoms with Crippen LogP contribution in [0.2, 0.25) is 0 Å². The van der Waals surface area contributed by atoms with Gasteiger partial charge < -0.3 is 16.0 Å². The summed E-state index contributed by atoms with van der Waals surface area (Å²) in [6.45, 7) is 0.540. The fourth-order valence-electron chi connectivity index (χ4n) is 3.31. The second-order valence-electron chi connectivity index (χ2n) is 6.73. The van der Waals surface area contributed by atoms with E-state index >= 15 is 0 Å². The lowest BCUT2D eigenvalue weighted by atomic mass is 9.71. The van der Waals surface area contributed by atoms with Gasteiger partial charge in [-0.25, -0.2) is 0 Å². The first kappa shape index (κ1) is 17.5. The number of hydrogen-bond acceptors (Lipinski definition) is 3. The molecule has 1 aromatic carbocycles. The van der Waals surface area contributed by atoms with Gasteiger partial charge in [0, 0.05) is 20.5 Å². The zero-order valence-corrected chi connectivity index (χ0v) is 14.1. The number of hydrogen-bond donors (Lipinski definition) is 2. The standard InChI is InChI=1S/C18H27N3O2/c1-21(2)17(23)14-8-4-5-9-15(14)20-16(22)12-18(13-19)10-6-3-7-11-18/h4-5,8-9H,3,6-7,10-13,19H2,1-2H3,(H,20,22). The molecule has 1 fully saturated rings. The summed E-state index contributed by atoms with van der Waals surface area (Å²) in [5, 5.41) is 2.91. The molecule has 0 spiro atoms. The average Bonchev–Trinajstić information content (AvgIpc) is 2.55. The van der Waals surface area contributed by atoms with Crippen molar-refractivity contribution in [1.82, 2.24) is 4.90 Å². The van der Waals surface area contributed by atoms with Gasteiger partial charge in [0.2, 0.25) is 5.91 Å². The molecule has 1 aliphatic carbocycles. The van der Waals surface area contributed by atoms with E-state index in [9.17, 15) is 9.59 Å². The summed E-state index contributed by atoms with van der Waals surface area (Å²) >= 11 is 0. The lowest BCUT2D eigenvalue weighted by Gasteiger charge is -2.35. The van der Waals surface area contributed by atoms with E-state index in [0.29, 0.717) is 24.2 Å². The van der Waals surface area contributed by atoms with E-state index in [-0.39, 0.29) is 17.2 Å². The molecular formula is C18H27N3O2. The Morgan fingerprint density at radius 1 is 1.17 bits per heavy atom. The smallest absolute Gasteiger partial charge is 0.255 e. The molecule has 1 aromatic rings. The number of para-hydroxylation sites is 1.